The first-order valence-corrected chi connectivity index (χ1v) is 7.37. The SMILES string of the molecule is CC(=O)O.CCOC(=O)[C@@H]1CNC[C@H](S(N)(=O)=O)C1. The number of aliphatic carboxylic acids is 1. The molecule has 1 heterocycles. The molecule has 1 saturated heterocycles. The molecule has 8 nitrogen and oxygen atoms in total. The molecular formula is C10H20N2O6S. The fraction of sp³-hybridized carbons (Fsp3) is 0.800. The van der Waals surface area contributed by atoms with E-state index < -0.39 is 27.2 Å². The number of esters is 1. The third kappa shape index (κ3) is 7.75. The van der Waals surface area contributed by atoms with Crippen LogP contribution in [0.2, 0.25) is 0 Å². The van der Waals surface area contributed by atoms with Crippen molar-refractivity contribution < 1.29 is 27.9 Å². The monoisotopic (exact) mass is 296 g/mol. The first-order chi connectivity index (χ1) is 8.68. The summed E-state index contributed by atoms with van der Waals surface area (Å²) in [4.78, 5) is 20.4. The predicted molar refractivity (Wildman–Crippen MR) is 67.8 cm³/mol. The summed E-state index contributed by atoms with van der Waals surface area (Å²) < 4.78 is 27.0. The van der Waals surface area contributed by atoms with Crippen molar-refractivity contribution >= 4 is 22.0 Å². The van der Waals surface area contributed by atoms with Gasteiger partial charge in [-0.15, -0.1) is 0 Å². The van der Waals surface area contributed by atoms with Gasteiger partial charge in [-0.05, 0) is 13.3 Å². The summed E-state index contributed by atoms with van der Waals surface area (Å²) in [7, 11) is -3.58. The molecule has 4 N–H and O–H groups in total. The van der Waals surface area contributed by atoms with E-state index in [1.165, 1.54) is 0 Å². The number of hydrogen-bond donors (Lipinski definition) is 3. The molecule has 0 aromatic rings. The van der Waals surface area contributed by atoms with Crippen molar-refractivity contribution in [2.75, 3.05) is 19.7 Å². The molecule has 1 fully saturated rings. The Morgan fingerprint density at radius 2 is 1.95 bits per heavy atom. The van der Waals surface area contributed by atoms with Crippen LogP contribution in [-0.4, -0.2) is 50.4 Å². The zero-order chi connectivity index (χ0) is 15.1. The van der Waals surface area contributed by atoms with Crippen LogP contribution in [0, 0.1) is 5.92 Å². The maximum Gasteiger partial charge on any atom is 0.310 e. The van der Waals surface area contributed by atoms with Gasteiger partial charge in [-0.1, -0.05) is 0 Å². The summed E-state index contributed by atoms with van der Waals surface area (Å²) in [5.41, 5.74) is 0. The Labute approximate surface area is 112 Å². The van der Waals surface area contributed by atoms with Crippen LogP contribution in [-0.2, 0) is 24.3 Å². The van der Waals surface area contributed by atoms with Crippen LogP contribution in [0.15, 0.2) is 0 Å². The van der Waals surface area contributed by atoms with Crippen LogP contribution in [0.5, 0.6) is 0 Å². The van der Waals surface area contributed by atoms with Crippen LogP contribution in [0.4, 0.5) is 0 Å². The number of carboxylic acids is 1. The Morgan fingerprint density at radius 1 is 1.42 bits per heavy atom. The quantitative estimate of drug-likeness (QED) is 0.563. The molecule has 0 saturated carbocycles. The second-order valence-electron chi connectivity index (χ2n) is 4.07. The van der Waals surface area contributed by atoms with Gasteiger partial charge in [0.25, 0.3) is 5.97 Å². The molecule has 0 unspecified atom stereocenters. The molecule has 9 heteroatoms. The molecular weight excluding hydrogens is 276 g/mol. The summed E-state index contributed by atoms with van der Waals surface area (Å²) in [5.74, 6) is -1.61. The third-order valence-corrected chi connectivity index (χ3v) is 3.68. The molecule has 1 aliphatic heterocycles. The number of piperidine rings is 1. The number of carbonyl (C=O) groups is 2. The molecule has 112 valence electrons. The van der Waals surface area contributed by atoms with Crippen molar-refractivity contribution in [1.29, 1.82) is 0 Å². The Bertz CT molecular complexity index is 404. The largest absolute Gasteiger partial charge is 0.481 e. The Balaban J connectivity index is 0.000000711. The smallest absolute Gasteiger partial charge is 0.310 e. The van der Waals surface area contributed by atoms with E-state index in [1.807, 2.05) is 0 Å². The maximum atomic E-state index is 11.4. The average molecular weight is 296 g/mol. The molecule has 19 heavy (non-hydrogen) atoms. The number of nitrogens with one attached hydrogen (secondary N) is 1. The topological polar surface area (TPSA) is 136 Å². The van der Waals surface area contributed by atoms with Gasteiger partial charge in [-0.25, -0.2) is 13.6 Å². The first kappa shape index (κ1) is 17.8. The molecule has 0 bridgehead atoms. The molecule has 0 aromatic carbocycles. The molecule has 0 aliphatic carbocycles. The molecule has 1 rings (SSSR count). The summed E-state index contributed by atoms with van der Waals surface area (Å²) >= 11 is 0. The molecule has 0 amide bonds. The lowest BCUT2D eigenvalue weighted by Gasteiger charge is -2.26. The van der Waals surface area contributed by atoms with Gasteiger partial charge in [0.15, 0.2) is 0 Å². The minimum absolute atomic E-state index is 0.241. The zero-order valence-corrected chi connectivity index (χ0v) is 11.8. The number of nitrogens with two attached hydrogens (primary N) is 1. The Kier molecular flexibility index (Phi) is 7.57. The summed E-state index contributed by atoms with van der Waals surface area (Å²) in [6.45, 7) is 3.85. The van der Waals surface area contributed by atoms with Crippen molar-refractivity contribution in [3.05, 3.63) is 0 Å². The second kappa shape index (κ2) is 8.08. The van der Waals surface area contributed by atoms with E-state index in [0.29, 0.717) is 19.7 Å². The van der Waals surface area contributed by atoms with Gasteiger partial charge >= 0.3 is 5.97 Å². The summed E-state index contributed by atoms with van der Waals surface area (Å²) in [6.07, 6.45) is 0.241. The molecule has 2 atom stereocenters. The number of rotatable bonds is 3. The normalized spacial score (nSPS) is 22.9. The number of primary sulfonamides is 1. The van der Waals surface area contributed by atoms with E-state index in [1.54, 1.807) is 6.92 Å². The Hall–Kier alpha value is -1.19. The minimum atomic E-state index is -3.58. The lowest BCUT2D eigenvalue weighted by molar-refractivity contribution is -0.148. The van der Waals surface area contributed by atoms with Gasteiger partial charge in [0.2, 0.25) is 10.0 Å². The van der Waals surface area contributed by atoms with Crippen molar-refractivity contribution in [3.8, 4) is 0 Å². The number of hydrogen-bond acceptors (Lipinski definition) is 6. The minimum Gasteiger partial charge on any atom is -0.481 e. The number of ether oxygens (including phenoxy) is 1. The van der Waals surface area contributed by atoms with Crippen molar-refractivity contribution in [2.45, 2.75) is 25.5 Å². The van der Waals surface area contributed by atoms with Crippen LogP contribution >= 0.6 is 0 Å². The van der Waals surface area contributed by atoms with Crippen LogP contribution < -0.4 is 10.5 Å². The van der Waals surface area contributed by atoms with Gasteiger partial charge in [0.05, 0.1) is 17.8 Å². The molecule has 0 spiro atoms. The first-order valence-electron chi connectivity index (χ1n) is 5.77. The number of sulfonamides is 1. The molecule has 0 radical (unpaired) electrons. The fourth-order valence-corrected chi connectivity index (χ4v) is 2.44. The highest BCUT2D eigenvalue weighted by Gasteiger charge is 2.33. The third-order valence-electron chi connectivity index (χ3n) is 2.39. The lowest BCUT2D eigenvalue weighted by Crippen LogP contribution is -2.48. The predicted octanol–water partition coefficient (Wildman–Crippen LogP) is -1.09. The van der Waals surface area contributed by atoms with E-state index in [-0.39, 0.29) is 12.4 Å². The van der Waals surface area contributed by atoms with E-state index in [2.05, 4.69) is 5.32 Å². The van der Waals surface area contributed by atoms with Gasteiger partial charge < -0.3 is 15.2 Å². The second-order valence-corrected chi connectivity index (χ2v) is 5.92. The highest BCUT2D eigenvalue weighted by molar-refractivity contribution is 7.89. The standard InChI is InChI=1S/C8H16N2O4S.C2H4O2/c1-2-14-8(11)6-3-7(5-10-4-6)15(9,12)13;1-2(3)4/h6-7,10H,2-5H2,1H3,(H2,9,12,13);1H3,(H,3,4)/t6-,7+;/m0./s1. The van der Waals surface area contributed by atoms with Crippen molar-refractivity contribution in [3.63, 3.8) is 0 Å². The van der Waals surface area contributed by atoms with Crippen LogP contribution in [0.1, 0.15) is 20.3 Å². The van der Waals surface area contributed by atoms with E-state index in [0.717, 1.165) is 6.92 Å². The highest BCUT2D eigenvalue weighted by atomic mass is 32.2. The van der Waals surface area contributed by atoms with Crippen LogP contribution in [0.3, 0.4) is 0 Å². The van der Waals surface area contributed by atoms with Crippen molar-refractivity contribution in [2.24, 2.45) is 11.1 Å². The van der Waals surface area contributed by atoms with E-state index in [4.69, 9.17) is 19.8 Å². The lowest BCUT2D eigenvalue weighted by atomic mass is 10.00. The highest BCUT2D eigenvalue weighted by Crippen LogP contribution is 2.16. The van der Waals surface area contributed by atoms with Gasteiger partial charge in [0, 0.05) is 20.0 Å². The summed E-state index contributed by atoms with van der Waals surface area (Å²) in [6, 6.07) is 0. The van der Waals surface area contributed by atoms with Gasteiger partial charge in [-0.3, -0.25) is 9.59 Å². The fourth-order valence-electron chi connectivity index (χ4n) is 1.59. The van der Waals surface area contributed by atoms with Gasteiger partial charge in [-0.2, -0.15) is 0 Å². The maximum absolute atomic E-state index is 11.4. The number of carbonyl (C=O) groups excluding carboxylic acids is 1. The molecule has 1 aliphatic rings. The zero-order valence-electron chi connectivity index (χ0n) is 11.0. The van der Waals surface area contributed by atoms with E-state index in [9.17, 15) is 13.2 Å². The summed E-state index contributed by atoms with van der Waals surface area (Å²) in [5, 5.41) is 14.6. The van der Waals surface area contributed by atoms with E-state index >= 15 is 0 Å². The van der Waals surface area contributed by atoms with Crippen LogP contribution in [0.25, 0.3) is 0 Å². The molecule has 0 aromatic heterocycles. The Morgan fingerprint density at radius 3 is 2.37 bits per heavy atom. The average Bonchev–Trinajstić information content (AvgIpc) is 2.27. The van der Waals surface area contributed by atoms with Gasteiger partial charge in [0.1, 0.15) is 0 Å². The van der Waals surface area contributed by atoms with Crippen molar-refractivity contribution in [1.82, 2.24) is 5.32 Å². The number of carboxylic acid groups (broad SMARTS) is 1.